The van der Waals surface area contributed by atoms with Gasteiger partial charge in [-0.15, -0.1) is 0 Å². The number of fused-ring (bicyclic) bond motifs is 1. The van der Waals surface area contributed by atoms with Gasteiger partial charge in [-0.05, 0) is 54.4 Å². The molecule has 170 valence electrons. The summed E-state index contributed by atoms with van der Waals surface area (Å²) in [6.07, 6.45) is 4.63. The van der Waals surface area contributed by atoms with Crippen molar-refractivity contribution in [2.75, 3.05) is 27.3 Å². The van der Waals surface area contributed by atoms with E-state index >= 15 is 0 Å². The molecule has 1 amide bonds. The second-order valence-corrected chi connectivity index (χ2v) is 7.88. The van der Waals surface area contributed by atoms with E-state index in [4.69, 9.17) is 31.8 Å². The zero-order chi connectivity index (χ0) is 23.4. The van der Waals surface area contributed by atoms with Crippen LogP contribution in [0.25, 0.3) is 28.0 Å². The maximum absolute atomic E-state index is 12.2. The molecule has 3 N–H and O–H groups in total. The zero-order valence-electron chi connectivity index (χ0n) is 18.5. The van der Waals surface area contributed by atoms with E-state index in [0.717, 1.165) is 34.5 Å². The smallest absolute Gasteiger partial charge is 0.251 e. The van der Waals surface area contributed by atoms with Gasteiger partial charge >= 0.3 is 0 Å². The van der Waals surface area contributed by atoms with E-state index in [1.165, 1.54) is 0 Å². The third kappa shape index (κ3) is 4.79. The van der Waals surface area contributed by atoms with Gasteiger partial charge in [0.15, 0.2) is 0 Å². The van der Waals surface area contributed by atoms with E-state index in [1.54, 1.807) is 26.4 Å². The molecule has 0 spiro atoms. The van der Waals surface area contributed by atoms with Gasteiger partial charge in [-0.1, -0.05) is 23.7 Å². The Hall–Kier alpha value is -3.55. The van der Waals surface area contributed by atoms with Crippen LogP contribution in [0.15, 0.2) is 60.9 Å². The number of nitrogens with two attached hydrogens (primary N) is 1. The molecule has 0 atom stereocenters. The molecule has 0 saturated carbocycles. The van der Waals surface area contributed by atoms with E-state index < -0.39 is 0 Å². The van der Waals surface area contributed by atoms with Gasteiger partial charge in [0.25, 0.3) is 5.91 Å². The molecule has 4 aromatic rings. The second kappa shape index (κ2) is 9.94. The number of amides is 1. The van der Waals surface area contributed by atoms with E-state index in [0.29, 0.717) is 35.2 Å². The summed E-state index contributed by atoms with van der Waals surface area (Å²) >= 11 is 6.33. The molecule has 0 aliphatic rings. The fourth-order valence-corrected chi connectivity index (χ4v) is 3.81. The Bertz CT molecular complexity index is 1290. The summed E-state index contributed by atoms with van der Waals surface area (Å²) in [5.74, 6) is 1.07. The van der Waals surface area contributed by atoms with Crippen molar-refractivity contribution in [2.24, 2.45) is 5.73 Å². The van der Waals surface area contributed by atoms with Gasteiger partial charge in [0, 0.05) is 36.1 Å². The average Bonchev–Trinajstić information content (AvgIpc) is 3.27. The number of carbonyl (C=O) groups excluding carboxylic acids is 1. The molecule has 8 heteroatoms. The van der Waals surface area contributed by atoms with Crippen molar-refractivity contribution in [1.82, 2.24) is 14.7 Å². The largest absolute Gasteiger partial charge is 0.496 e. The molecule has 0 aliphatic carbocycles. The van der Waals surface area contributed by atoms with Crippen LogP contribution >= 0.6 is 11.6 Å². The number of pyridine rings is 1. The molecular weight excluding hydrogens is 440 g/mol. The van der Waals surface area contributed by atoms with Gasteiger partial charge < -0.3 is 24.9 Å². The summed E-state index contributed by atoms with van der Waals surface area (Å²) in [5.41, 5.74) is 10.4. The van der Waals surface area contributed by atoms with Crippen molar-refractivity contribution in [1.29, 1.82) is 0 Å². The highest BCUT2D eigenvalue weighted by molar-refractivity contribution is 6.32. The normalized spacial score (nSPS) is 10.9. The lowest BCUT2D eigenvalue weighted by Gasteiger charge is -2.10. The summed E-state index contributed by atoms with van der Waals surface area (Å²) in [4.78, 5) is 17.0. The van der Waals surface area contributed by atoms with Crippen LogP contribution in [0.5, 0.6) is 11.5 Å². The molecule has 0 unspecified atom stereocenters. The first-order chi connectivity index (χ1) is 16.0. The molecule has 4 rings (SSSR count). The Kier molecular flexibility index (Phi) is 6.82. The number of rotatable bonds is 8. The topological polar surface area (TPSA) is 90.9 Å². The highest BCUT2D eigenvalue weighted by Crippen LogP contribution is 2.38. The summed E-state index contributed by atoms with van der Waals surface area (Å²) in [6, 6.07) is 15.0. The van der Waals surface area contributed by atoms with Crippen LogP contribution in [0.3, 0.4) is 0 Å². The fourth-order valence-electron chi connectivity index (χ4n) is 3.57. The molecule has 2 aromatic heterocycles. The van der Waals surface area contributed by atoms with Crippen LogP contribution in [-0.4, -0.2) is 42.6 Å². The van der Waals surface area contributed by atoms with Crippen LogP contribution in [0.4, 0.5) is 0 Å². The number of aromatic nitrogens is 2. The van der Waals surface area contributed by atoms with Crippen LogP contribution in [0, 0.1) is 0 Å². The van der Waals surface area contributed by atoms with E-state index in [1.807, 2.05) is 53.2 Å². The number of methoxy groups -OCH3 is 2. The lowest BCUT2D eigenvalue weighted by molar-refractivity contribution is 0.0953. The van der Waals surface area contributed by atoms with E-state index in [2.05, 4.69) is 5.32 Å². The molecule has 7 nitrogen and oxygen atoms in total. The molecule has 2 aromatic carbocycles. The molecule has 0 radical (unpaired) electrons. The van der Waals surface area contributed by atoms with Crippen LogP contribution in [0.2, 0.25) is 5.02 Å². The third-order valence-corrected chi connectivity index (χ3v) is 5.65. The summed E-state index contributed by atoms with van der Waals surface area (Å²) < 4.78 is 12.7. The molecule has 0 fully saturated rings. The van der Waals surface area contributed by atoms with E-state index in [-0.39, 0.29) is 5.91 Å². The van der Waals surface area contributed by atoms with Gasteiger partial charge in [0.2, 0.25) is 0 Å². The van der Waals surface area contributed by atoms with Gasteiger partial charge in [0.05, 0.1) is 24.9 Å². The number of ether oxygens (including phenoxy) is 2. The van der Waals surface area contributed by atoms with Crippen molar-refractivity contribution >= 4 is 23.2 Å². The number of imidazole rings is 1. The minimum absolute atomic E-state index is 0.101. The lowest BCUT2D eigenvalue weighted by atomic mass is 10.0. The number of benzene rings is 2. The van der Waals surface area contributed by atoms with Crippen LogP contribution in [-0.2, 0) is 0 Å². The molecule has 0 aliphatic heterocycles. The standard InChI is InChI=1S/C25H25ClN4O3/c1-32-22-14-23(33-2)20(26)13-19(22)21-15-30-11-8-18(12-24(30)29-21)16-4-6-17(7-5-16)25(31)28-10-3-9-27/h4-8,11-15H,3,9-10,27H2,1-2H3,(H,28,31). The summed E-state index contributed by atoms with van der Waals surface area (Å²) in [5, 5.41) is 3.35. The van der Waals surface area contributed by atoms with Gasteiger partial charge in [-0.3, -0.25) is 4.79 Å². The van der Waals surface area contributed by atoms with Crippen molar-refractivity contribution in [3.8, 4) is 33.9 Å². The quantitative estimate of drug-likeness (QED) is 0.377. The minimum Gasteiger partial charge on any atom is -0.496 e. The Balaban J connectivity index is 1.62. The first kappa shape index (κ1) is 22.6. The molecule has 0 saturated heterocycles. The zero-order valence-corrected chi connectivity index (χ0v) is 19.2. The number of halogens is 1. The number of nitrogens with one attached hydrogen (secondary N) is 1. The highest BCUT2D eigenvalue weighted by Gasteiger charge is 2.15. The molecular formula is C25H25ClN4O3. The first-order valence-corrected chi connectivity index (χ1v) is 10.9. The summed E-state index contributed by atoms with van der Waals surface area (Å²) in [7, 11) is 3.16. The highest BCUT2D eigenvalue weighted by atomic mass is 35.5. The number of hydrogen-bond donors (Lipinski definition) is 2. The minimum atomic E-state index is -0.101. The van der Waals surface area contributed by atoms with Crippen molar-refractivity contribution in [2.45, 2.75) is 6.42 Å². The Morgan fingerprint density at radius 1 is 1.06 bits per heavy atom. The predicted octanol–water partition coefficient (Wildman–Crippen LogP) is 4.42. The number of hydrogen-bond acceptors (Lipinski definition) is 5. The van der Waals surface area contributed by atoms with Crippen molar-refractivity contribution in [3.63, 3.8) is 0 Å². The third-order valence-electron chi connectivity index (χ3n) is 5.36. The summed E-state index contributed by atoms with van der Waals surface area (Å²) in [6.45, 7) is 1.12. The van der Waals surface area contributed by atoms with Gasteiger partial charge in [-0.2, -0.15) is 0 Å². The maximum atomic E-state index is 12.2. The Labute approximate surface area is 197 Å². The van der Waals surface area contributed by atoms with Gasteiger partial charge in [-0.25, -0.2) is 4.98 Å². The van der Waals surface area contributed by atoms with Crippen molar-refractivity contribution in [3.05, 3.63) is 71.5 Å². The maximum Gasteiger partial charge on any atom is 0.251 e. The Morgan fingerprint density at radius 3 is 2.52 bits per heavy atom. The molecule has 0 bridgehead atoms. The van der Waals surface area contributed by atoms with Gasteiger partial charge in [0.1, 0.15) is 17.1 Å². The molecule has 33 heavy (non-hydrogen) atoms. The van der Waals surface area contributed by atoms with E-state index in [9.17, 15) is 4.79 Å². The fraction of sp³-hybridized carbons (Fsp3) is 0.200. The van der Waals surface area contributed by atoms with Crippen LogP contribution < -0.4 is 20.5 Å². The first-order valence-electron chi connectivity index (χ1n) is 10.5. The Morgan fingerprint density at radius 2 is 1.82 bits per heavy atom. The van der Waals surface area contributed by atoms with Crippen molar-refractivity contribution < 1.29 is 14.3 Å². The number of carbonyl (C=O) groups is 1. The molecule has 2 heterocycles. The SMILES string of the molecule is COc1cc(OC)c(-c2cn3ccc(-c4ccc(C(=O)NCCCN)cc4)cc3n2)cc1Cl. The lowest BCUT2D eigenvalue weighted by Crippen LogP contribution is -2.25. The predicted molar refractivity (Wildman–Crippen MR) is 130 cm³/mol. The second-order valence-electron chi connectivity index (χ2n) is 7.47. The van der Waals surface area contributed by atoms with Crippen LogP contribution in [0.1, 0.15) is 16.8 Å². The average molecular weight is 465 g/mol. The number of nitrogens with zero attached hydrogens (tertiary/aromatic N) is 2. The monoisotopic (exact) mass is 464 g/mol.